The molecule has 0 aromatic carbocycles. The molecule has 0 saturated carbocycles. The van der Waals surface area contributed by atoms with Crippen molar-refractivity contribution in [3.63, 3.8) is 0 Å². The molecule has 0 amide bonds. The van der Waals surface area contributed by atoms with Crippen molar-refractivity contribution in [3.05, 3.63) is 0 Å². The molecule has 1 saturated heterocycles. The Morgan fingerprint density at radius 3 is 2.59 bits per heavy atom. The van der Waals surface area contributed by atoms with Gasteiger partial charge in [-0.2, -0.15) is 0 Å². The molecule has 0 bridgehead atoms. The number of nitrogens with one attached hydrogen (secondary N) is 1. The molecule has 100 valence electrons. The van der Waals surface area contributed by atoms with E-state index in [1.54, 1.807) is 0 Å². The van der Waals surface area contributed by atoms with Gasteiger partial charge in [-0.25, -0.2) is 0 Å². The number of rotatable bonds is 7. The average Bonchev–Trinajstić information content (AvgIpc) is 2.36. The van der Waals surface area contributed by atoms with Crippen LogP contribution in [0.2, 0.25) is 0 Å². The van der Waals surface area contributed by atoms with Crippen molar-refractivity contribution in [2.45, 2.75) is 45.6 Å². The van der Waals surface area contributed by atoms with Crippen LogP contribution in [0.4, 0.5) is 0 Å². The molecular weight excluding hydrogens is 216 g/mol. The van der Waals surface area contributed by atoms with Crippen LogP contribution in [0, 0.1) is 0 Å². The third-order valence-corrected chi connectivity index (χ3v) is 3.24. The van der Waals surface area contributed by atoms with Gasteiger partial charge >= 0.3 is 5.97 Å². The summed E-state index contributed by atoms with van der Waals surface area (Å²) in [6.07, 6.45) is 4.07. The van der Waals surface area contributed by atoms with Gasteiger partial charge in [-0.05, 0) is 45.8 Å². The summed E-state index contributed by atoms with van der Waals surface area (Å²) >= 11 is 0. The Balaban J connectivity index is 2.33. The molecule has 1 aliphatic heterocycles. The summed E-state index contributed by atoms with van der Waals surface area (Å²) in [7, 11) is 0. The molecule has 0 atom stereocenters. The number of ether oxygens (including phenoxy) is 1. The van der Waals surface area contributed by atoms with Crippen molar-refractivity contribution in [2.24, 2.45) is 0 Å². The van der Waals surface area contributed by atoms with Crippen LogP contribution >= 0.6 is 0 Å². The van der Waals surface area contributed by atoms with E-state index >= 15 is 0 Å². The highest BCUT2D eigenvalue weighted by Crippen LogP contribution is 2.13. The quantitative estimate of drug-likeness (QED) is 0.685. The van der Waals surface area contributed by atoms with Gasteiger partial charge in [-0.1, -0.05) is 6.92 Å². The minimum absolute atomic E-state index is 0.0671. The first-order valence-corrected chi connectivity index (χ1v) is 6.88. The van der Waals surface area contributed by atoms with Crippen LogP contribution in [-0.2, 0) is 9.53 Å². The fraction of sp³-hybridized carbons (Fsp3) is 0.923. The average molecular weight is 242 g/mol. The summed E-state index contributed by atoms with van der Waals surface area (Å²) in [5.74, 6) is -0.0671. The van der Waals surface area contributed by atoms with Crippen LogP contribution in [0.15, 0.2) is 0 Å². The molecule has 4 nitrogen and oxygen atoms in total. The van der Waals surface area contributed by atoms with Crippen molar-refractivity contribution in [3.8, 4) is 0 Å². The summed E-state index contributed by atoms with van der Waals surface area (Å²) < 4.78 is 4.98. The Hall–Kier alpha value is -0.610. The number of carbonyl (C=O) groups is 1. The Morgan fingerprint density at radius 1 is 1.29 bits per heavy atom. The zero-order valence-corrected chi connectivity index (χ0v) is 11.2. The zero-order chi connectivity index (χ0) is 12.5. The smallest absolute Gasteiger partial charge is 0.307 e. The van der Waals surface area contributed by atoms with Gasteiger partial charge in [0.1, 0.15) is 0 Å². The zero-order valence-electron chi connectivity index (χ0n) is 11.2. The second-order valence-corrected chi connectivity index (χ2v) is 4.57. The number of hydrogen-bond donors (Lipinski definition) is 1. The van der Waals surface area contributed by atoms with E-state index in [-0.39, 0.29) is 5.97 Å². The lowest BCUT2D eigenvalue weighted by molar-refractivity contribution is -0.143. The van der Waals surface area contributed by atoms with Crippen molar-refractivity contribution in [1.29, 1.82) is 0 Å². The molecular formula is C13H26N2O2. The Labute approximate surface area is 105 Å². The Bertz CT molecular complexity index is 215. The van der Waals surface area contributed by atoms with Crippen LogP contribution in [0.25, 0.3) is 0 Å². The van der Waals surface area contributed by atoms with Gasteiger partial charge in [0.15, 0.2) is 0 Å². The third kappa shape index (κ3) is 5.50. The third-order valence-electron chi connectivity index (χ3n) is 3.24. The molecule has 0 aromatic rings. The molecule has 0 radical (unpaired) electrons. The van der Waals surface area contributed by atoms with Gasteiger partial charge in [-0.3, -0.25) is 9.69 Å². The summed E-state index contributed by atoms with van der Waals surface area (Å²) in [4.78, 5) is 13.8. The minimum Gasteiger partial charge on any atom is -0.466 e. The summed E-state index contributed by atoms with van der Waals surface area (Å²) in [5, 5.41) is 3.38. The highest BCUT2D eigenvalue weighted by molar-refractivity contribution is 5.69. The van der Waals surface area contributed by atoms with Crippen LogP contribution in [-0.4, -0.2) is 49.7 Å². The van der Waals surface area contributed by atoms with E-state index in [1.165, 1.54) is 12.8 Å². The van der Waals surface area contributed by atoms with Crippen LogP contribution < -0.4 is 5.32 Å². The Kier molecular flexibility index (Phi) is 7.21. The van der Waals surface area contributed by atoms with Gasteiger partial charge in [0.2, 0.25) is 0 Å². The van der Waals surface area contributed by atoms with Gasteiger partial charge in [0.25, 0.3) is 0 Å². The summed E-state index contributed by atoms with van der Waals surface area (Å²) in [6.45, 7) is 8.67. The molecule has 1 N–H and O–H groups in total. The molecule has 17 heavy (non-hydrogen) atoms. The summed E-state index contributed by atoms with van der Waals surface area (Å²) in [5.41, 5.74) is 0. The van der Waals surface area contributed by atoms with Gasteiger partial charge in [0, 0.05) is 12.6 Å². The lowest BCUT2D eigenvalue weighted by atomic mass is 10.0. The maximum atomic E-state index is 11.4. The number of carbonyl (C=O) groups excluding carboxylic acids is 1. The molecule has 4 heteroatoms. The molecule has 0 aliphatic carbocycles. The van der Waals surface area contributed by atoms with Crippen molar-refractivity contribution < 1.29 is 9.53 Å². The molecule has 0 unspecified atom stereocenters. The maximum Gasteiger partial charge on any atom is 0.307 e. The molecule has 0 spiro atoms. The van der Waals surface area contributed by atoms with E-state index in [2.05, 4.69) is 17.1 Å². The van der Waals surface area contributed by atoms with E-state index in [0.29, 0.717) is 19.1 Å². The normalized spacial score (nSPS) is 17.4. The molecule has 1 heterocycles. The van der Waals surface area contributed by atoms with Crippen LogP contribution in [0.5, 0.6) is 0 Å². The van der Waals surface area contributed by atoms with Gasteiger partial charge in [0.05, 0.1) is 13.0 Å². The number of esters is 1. The monoisotopic (exact) mass is 242 g/mol. The fourth-order valence-electron chi connectivity index (χ4n) is 2.40. The SMILES string of the molecule is CCCN(CCC(=O)OCC)C1CCNCC1. The second-order valence-electron chi connectivity index (χ2n) is 4.57. The maximum absolute atomic E-state index is 11.4. The van der Waals surface area contributed by atoms with Crippen LogP contribution in [0.1, 0.15) is 39.5 Å². The predicted octanol–water partition coefficient (Wildman–Crippen LogP) is 1.40. The van der Waals surface area contributed by atoms with E-state index in [4.69, 9.17) is 4.74 Å². The standard InChI is InChI=1S/C13H26N2O2/c1-3-10-15(11-7-13(16)17-4-2)12-5-8-14-9-6-12/h12,14H,3-11H2,1-2H3. The van der Waals surface area contributed by atoms with Gasteiger partial charge in [-0.15, -0.1) is 0 Å². The number of piperidine rings is 1. The van der Waals surface area contributed by atoms with E-state index in [1.807, 2.05) is 6.92 Å². The highest BCUT2D eigenvalue weighted by Gasteiger charge is 2.20. The van der Waals surface area contributed by atoms with E-state index < -0.39 is 0 Å². The van der Waals surface area contributed by atoms with Gasteiger partial charge < -0.3 is 10.1 Å². The van der Waals surface area contributed by atoms with E-state index in [9.17, 15) is 4.79 Å². The largest absolute Gasteiger partial charge is 0.466 e. The minimum atomic E-state index is -0.0671. The first-order chi connectivity index (χ1) is 8.27. The fourth-order valence-corrected chi connectivity index (χ4v) is 2.40. The highest BCUT2D eigenvalue weighted by atomic mass is 16.5. The first-order valence-electron chi connectivity index (χ1n) is 6.88. The van der Waals surface area contributed by atoms with Crippen molar-refractivity contribution in [1.82, 2.24) is 10.2 Å². The van der Waals surface area contributed by atoms with E-state index in [0.717, 1.165) is 32.6 Å². The second kappa shape index (κ2) is 8.48. The first kappa shape index (κ1) is 14.5. The topological polar surface area (TPSA) is 41.6 Å². The van der Waals surface area contributed by atoms with Crippen LogP contribution in [0.3, 0.4) is 0 Å². The summed E-state index contributed by atoms with van der Waals surface area (Å²) in [6, 6.07) is 0.644. The molecule has 1 rings (SSSR count). The molecule has 1 fully saturated rings. The number of nitrogens with zero attached hydrogens (tertiary/aromatic N) is 1. The number of hydrogen-bond acceptors (Lipinski definition) is 4. The predicted molar refractivity (Wildman–Crippen MR) is 69.0 cm³/mol. The lowest BCUT2D eigenvalue weighted by Gasteiger charge is -2.34. The Morgan fingerprint density at radius 2 is 2.00 bits per heavy atom. The van der Waals surface area contributed by atoms with Crippen molar-refractivity contribution in [2.75, 3.05) is 32.8 Å². The molecule has 0 aromatic heterocycles. The van der Waals surface area contributed by atoms with Crippen molar-refractivity contribution >= 4 is 5.97 Å². The molecule has 1 aliphatic rings. The lowest BCUT2D eigenvalue weighted by Crippen LogP contribution is -2.44.